The summed E-state index contributed by atoms with van der Waals surface area (Å²) >= 11 is 6.24. The highest BCUT2D eigenvalue weighted by atomic mass is 35.5. The molecular weight excluding hydrogens is 298 g/mol. The van der Waals surface area contributed by atoms with Gasteiger partial charge in [-0.3, -0.25) is 9.69 Å². The van der Waals surface area contributed by atoms with Gasteiger partial charge in [-0.05, 0) is 30.4 Å². The van der Waals surface area contributed by atoms with Gasteiger partial charge < -0.3 is 10.6 Å². The van der Waals surface area contributed by atoms with Crippen LogP contribution < -0.4 is 10.6 Å². The van der Waals surface area contributed by atoms with E-state index in [1.54, 1.807) is 0 Å². The van der Waals surface area contributed by atoms with Crippen molar-refractivity contribution in [3.8, 4) is 0 Å². The third kappa shape index (κ3) is 2.75. The van der Waals surface area contributed by atoms with Gasteiger partial charge >= 0.3 is 0 Å². The molecular formula is C17H24ClN3O. The van der Waals surface area contributed by atoms with Crippen molar-refractivity contribution in [1.82, 2.24) is 4.90 Å². The maximum Gasteiger partial charge on any atom is 0.244 e. The van der Waals surface area contributed by atoms with Gasteiger partial charge in [0.2, 0.25) is 5.91 Å². The Morgan fingerprint density at radius 3 is 2.64 bits per heavy atom. The number of likely N-dealkylation sites (tertiary alicyclic amines) is 1. The van der Waals surface area contributed by atoms with Crippen molar-refractivity contribution in [1.29, 1.82) is 0 Å². The number of hydrogen-bond donors (Lipinski definition) is 1. The molecule has 2 aliphatic heterocycles. The average molecular weight is 322 g/mol. The molecule has 2 aliphatic rings. The zero-order valence-electron chi connectivity index (χ0n) is 13.3. The molecule has 0 spiro atoms. The number of nitrogens with two attached hydrogens (primary N) is 1. The van der Waals surface area contributed by atoms with E-state index in [0.717, 1.165) is 38.2 Å². The summed E-state index contributed by atoms with van der Waals surface area (Å²) in [6, 6.07) is 7.73. The number of nitrogens with zero attached hydrogens (tertiary/aromatic N) is 2. The van der Waals surface area contributed by atoms with Crippen LogP contribution in [0.25, 0.3) is 0 Å². The van der Waals surface area contributed by atoms with Crippen molar-refractivity contribution in [3.63, 3.8) is 0 Å². The molecule has 2 saturated heterocycles. The zero-order valence-corrected chi connectivity index (χ0v) is 14.0. The van der Waals surface area contributed by atoms with Crippen LogP contribution in [-0.4, -0.2) is 42.5 Å². The predicted octanol–water partition coefficient (Wildman–Crippen LogP) is 2.50. The van der Waals surface area contributed by atoms with Crippen molar-refractivity contribution >= 4 is 23.2 Å². The lowest BCUT2D eigenvalue weighted by molar-refractivity contribution is -0.122. The molecule has 120 valence electrons. The quantitative estimate of drug-likeness (QED) is 0.910. The number of halogens is 1. The summed E-state index contributed by atoms with van der Waals surface area (Å²) in [5.74, 6) is 0.166. The van der Waals surface area contributed by atoms with Gasteiger partial charge in [0, 0.05) is 25.7 Å². The number of para-hydroxylation sites is 1. The van der Waals surface area contributed by atoms with Crippen LogP contribution in [0.5, 0.6) is 0 Å². The van der Waals surface area contributed by atoms with Gasteiger partial charge in [-0.2, -0.15) is 0 Å². The summed E-state index contributed by atoms with van der Waals surface area (Å²) < 4.78 is 0. The second-order valence-corrected chi connectivity index (χ2v) is 7.51. The minimum absolute atomic E-state index is 0.0388. The minimum Gasteiger partial charge on any atom is -0.327 e. The van der Waals surface area contributed by atoms with Crippen LogP contribution in [0.2, 0.25) is 5.02 Å². The molecule has 0 aromatic heterocycles. The first-order chi connectivity index (χ1) is 10.4. The molecule has 0 radical (unpaired) electrons. The first kappa shape index (κ1) is 15.8. The van der Waals surface area contributed by atoms with E-state index >= 15 is 0 Å². The minimum atomic E-state index is -0.0388. The average Bonchev–Trinajstić information content (AvgIpc) is 2.84. The maximum absolute atomic E-state index is 12.8. The normalized spacial score (nSPS) is 29.1. The second kappa shape index (κ2) is 5.84. The fourth-order valence-corrected chi connectivity index (χ4v) is 3.83. The van der Waals surface area contributed by atoms with Crippen molar-refractivity contribution < 1.29 is 4.79 Å². The largest absolute Gasteiger partial charge is 0.327 e. The predicted molar refractivity (Wildman–Crippen MR) is 90.2 cm³/mol. The first-order valence-corrected chi connectivity index (χ1v) is 8.33. The number of piperidine rings is 1. The summed E-state index contributed by atoms with van der Waals surface area (Å²) in [4.78, 5) is 17.0. The summed E-state index contributed by atoms with van der Waals surface area (Å²) in [7, 11) is 0. The SMILES string of the molecule is CC1(C)CN(C2CCN(c3ccccc3Cl)C2=O)CCC1N. The van der Waals surface area contributed by atoms with Crippen molar-refractivity contribution in [2.24, 2.45) is 11.1 Å². The molecule has 2 N–H and O–H groups in total. The summed E-state index contributed by atoms with van der Waals surface area (Å²) in [5.41, 5.74) is 7.08. The Morgan fingerprint density at radius 2 is 1.95 bits per heavy atom. The molecule has 0 aliphatic carbocycles. The smallest absolute Gasteiger partial charge is 0.244 e. The van der Waals surface area contributed by atoms with Gasteiger partial charge in [-0.1, -0.05) is 37.6 Å². The van der Waals surface area contributed by atoms with E-state index in [9.17, 15) is 4.79 Å². The number of amides is 1. The Bertz CT molecular complexity index is 575. The Balaban J connectivity index is 1.76. The number of carbonyl (C=O) groups is 1. The monoisotopic (exact) mass is 321 g/mol. The lowest BCUT2D eigenvalue weighted by atomic mass is 9.79. The third-order valence-electron chi connectivity index (χ3n) is 5.10. The highest BCUT2D eigenvalue weighted by Crippen LogP contribution is 2.34. The molecule has 2 unspecified atom stereocenters. The van der Waals surface area contributed by atoms with Gasteiger partial charge in [0.15, 0.2) is 0 Å². The second-order valence-electron chi connectivity index (χ2n) is 7.10. The Hall–Kier alpha value is -1.10. The van der Waals surface area contributed by atoms with Gasteiger partial charge in [0.05, 0.1) is 16.8 Å². The highest BCUT2D eigenvalue weighted by Gasteiger charge is 2.42. The van der Waals surface area contributed by atoms with Gasteiger partial charge in [0.25, 0.3) is 0 Å². The van der Waals surface area contributed by atoms with Crippen LogP contribution in [0.15, 0.2) is 24.3 Å². The molecule has 1 amide bonds. The molecule has 2 atom stereocenters. The summed E-state index contributed by atoms with van der Waals surface area (Å²) in [5, 5.41) is 0.637. The molecule has 22 heavy (non-hydrogen) atoms. The van der Waals surface area contributed by atoms with Crippen LogP contribution >= 0.6 is 11.6 Å². The van der Waals surface area contributed by atoms with Crippen LogP contribution in [0.4, 0.5) is 5.69 Å². The van der Waals surface area contributed by atoms with Gasteiger partial charge in [0.1, 0.15) is 0 Å². The van der Waals surface area contributed by atoms with E-state index in [0.29, 0.717) is 5.02 Å². The van der Waals surface area contributed by atoms with E-state index in [1.807, 2.05) is 29.2 Å². The Morgan fingerprint density at radius 1 is 1.23 bits per heavy atom. The number of rotatable bonds is 2. The molecule has 0 saturated carbocycles. The Labute approximate surface area is 137 Å². The van der Waals surface area contributed by atoms with Crippen molar-refractivity contribution in [2.75, 3.05) is 24.5 Å². The van der Waals surface area contributed by atoms with Crippen LogP contribution in [0, 0.1) is 5.41 Å². The lowest BCUT2D eigenvalue weighted by Gasteiger charge is -2.44. The van der Waals surface area contributed by atoms with E-state index in [1.165, 1.54) is 0 Å². The maximum atomic E-state index is 12.8. The molecule has 5 heteroatoms. The highest BCUT2D eigenvalue weighted by molar-refractivity contribution is 6.33. The standard InChI is InChI=1S/C17H24ClN3O/c1-17(2)11-20(9-8-15(17)19)14-7-10-21(16(14)22)13-6-4-3-5-12(13)18/h3-6,14-15H,7-11,19H2,1-2H3. The molecule has 2 heterocycles. The number of carbonyl (C=O) groups excluding carboxylic acids is 1. The van der Waals surface area contributed by atoms with E-state index in [-0.39, 0.29) is 23.4 Å². The number of benzene rings is 1. The van der Waals surface area contributed by atoms with E-state index in [4.69, 9.17) is 17.3 Å². The molecule has 2 fully saturated rings. The van der Waals surface area contributed by atoms with Gasteiger partial charge in [-0.15, -0.1) is 0 Å². The molecule has 0 bridgehead atoms. The fourth-order valence-electron chi connectivity index (χ4n) is 3.59. The summed E-state index contributed by atoms with van der Waals surface area (Å²) in [6.07, 6.45) is 1.80. The molecule has 3 rings (SSSR count). The van der Waals surface area contributed by atoms with Gasteiger partial charge in [-0.25, -0.2) is 0 Å². The third-order valence-corrected chi connectivity index (χ3v) is 5.42. The van der Waals surface area contributed by atoms with E-state index in [2.05, 4.69) is 18.7 Å². The zero-order chi connectivity index (χ0) is 15.9. The topological polar surface area (TPSA) is 49.6 Å². The van der Waals surface area contributed by atoms with Crippen molar-refractivity contribution in [3.05, 3.63) is 29.3 Å². The number of hydrogen-bond acceptors (Lipinski definition) is 3. The lowest BCUT2D eigenvalue weighted by Crippen LogP contribution is -2.56. The molecule has 1 aromatic carbocycles. The van der Waals surface area contributed by atoms with Crippen LogP contribution in [0.3, 0.4) is 0 Å². The fraction of sp³-hybridized carbons (Fsp3) is 0.588. The van der Waals surface area contributed by atoms with Crippen molar-refractivity contribution in [2.45, 2.75) is 38.8 Å². The first-order valence-electron chi connectivity index (χ1n) is 7.96. The molecule has 4 nitrogen and oxygen atoms in total. The van der Waals surface area contributed by atoms with Crippen LogP contribution in [-0.2, 0) is 4.79 Å². The Kier molecular flexibility index (Phi) is 4.19. The summed E-state index contributed by atoms with van der Waals surface area (Å²) in [6.45, 7) is 6.89. The van der Waals surface area contributed by atoms with Crippen LogP contribution in [0.1, 0.15) is 26.7 Å². The van der Waals surface area contributed by atoms with E-state index < -0.39 is 0 Å². The molecule has 1 aromatic rings. The number of anilines is 1.